The van der Waals surface area contributed by atoms with Crippen molar-refractivity contribution in [2.75, 3.05) is 11.8 Å². The maximum absolute atomic E-state index is 12.4. The van der Waals surface area contributed by atoms with Gasteiger partial charge >= 0.3 is 0 Å². The van der Waals surface area contributed by atoms with E-state index in [9.17, 15) is 8.42 Å². The normalized spacial score (nSPS) is 11.6. The average Bonchev–Trinajstić information content (AvgIpc) is 2.81. The van der Waals surface area contributed by atoms with Crippen LogP contribution in [0.2, 0.25) is 0 Å². The first kappa shape index (κ1) is 16.0. The topological polar surface area (TPSA) is 75.6 Å². The largest absolute Gasteiger partial charge is 0.391 e. The molecule has 1 heterocycles. The van der Waals surface area contributed by atoms with Crippen LogP contribution in [0.4, 0.5) is 5.69 Å². The molecule has 2 rings (SSSR count). The van der Waals surface area contributed by atoms with E-state index >= 15 is 0 Å². The van der Waals surface area contributed by atoms with Crippen LogP contribution in [0.25, 0.3) is 0 Å². The molecule has 1 aromatic heterocycles. The van der Waals surface area contributed by atoms with Gasteiger partial charge in [-0.3, -0.25) is 4.72 Å². The Morgan fingerprint density at radius 2 is 2.10 bits per heavy atom. The summed E-state index contributed by atoms with van der Waals surface area (Å²) in [7, 11) is -2.07. The first-order valence-electron chi connectivity index (χ1n) is 6.27. The predicted molar refractivity (Wildman–Crippen MR) is 82.9 cm³/mol. The highest BCUT2D eigenvalue weighted by Gasteiger charge is 2.20. The van der Waals surface area contributed by atoms with Gasteiger partial charge in [0.15, 0.2) is 0 Å². The summed E-state index contributed by atoms with van der Waals surface area (Å²) in [5.74, 6) is 0. The van der Waals surface area contributed by atoms with Crippen LogP contribution >= 0.6 is 11.3 Å². The Labute approximate surface area is 128 Å². The first-order valence-corrected chi connectivity index (χ1v) is 8.57. The van der Waals surface area contributed by atoms with Crippen molar-refractivity contribution in [3.8, 4) is 0 Å². The Bertz CT molecular complexity index is 722. The predicted octanol–water partition coefficient (Wildman–Crippen LogP) is 2.50. The molecular weight excluding hydrogens is 310 g/mol. The Kier molecular flexibility index (Phi) is 5.00. The zero-order valence-electron chi connectivity index (χ0n) is 11.8. The number of rotatable bonds is 6. The molecule has 0 bridgehead atoms. The lowest BCUT2D eigenvalue weighted by Gasteiger charge is -2.09. The number of hydrogen-bond donors (Lipinski definition) is 2. The van der Waals surface area contributed by atoms with Crippen molar-refractivity contribution < 1.29 is 18.3 Å². The monoisotopic (exact) mass is 327 g/mol. The van der Waals surface area contributed by atoms with E-state index in [1.807, 2.05) is 6.07 Å². The second-order valence-electron chi connectivity index (χ2n) is 4.53. The lowest BCUT2D eigenvalue weighted by atomic mass is 10.2. The maximum Gasteiger partial charge on any atom is 0.263 e. The van der Waals surface area contributed by atoms with Crippen LogP contribution in [0.15, 0.2) is 35.2 Å². The van der Waals surface area contributed by atoms with Gasteiger partial charge in [-0.15, -0.1) is 11.3 Å². The van der Waals surface area contributed by atoms with Gasteiger partial charge in [0.05, 0.1) is 13.2 Å². The van der Waals surface area contributed by atoms with Gasteiger partial charge in [0.1, 0.15) is 4.90 Å². The number of ether oxygens (including phenoxy) is 1. The van der Waals surface area contributed by atoms with Crippen LogP contribution in [0.3, 0.4) is 0 Å². The number of nitrogens with one attached hydrogen (secondary N) is 1. The van der Waals surface area contributed by atoms with Crippen molar-refractivity contribution in [3.63, 3.8) is 0 Å². The van der Waals surface area contributed by atoms with Gasteiger partial charge in [0.2, 0.25) is 0 Å². The summed E-state index contributed by atoms with van der Waals surface area (Å²) < 4.78 is 32.4. The van der Waals surface area contributed by atoms with Crippen molar-refractivity contribution in [1.82, 2.24) is 0 Å². The summed E-state index contributed by atoms with van der Waals surface area (Å²) in [6.45, 7) is 1.98. The third kappa shape index (κ3) is 3.82. The van der Waals surface area contributed by atoms with Gasteiger partial charge in [-0.25, -0.2) is 8.42 Å². The average molecular weight is 327 g/mol. The minimum Gasteiger partial charge on any atom is -0.391 e. The molecule has 1 aromatic carbocycles. The molecule has 2 N–H and O–H groups in total. The molecule has 114 valence electrons. The van der Waals surface area contributed by atoms with Gasteiger partial charge in [-0.1, -0.05) is 12.1 Å². The zero-order valence-corrected chi connectivity index (χ0v) is 13.4. The number of benzene rings is 1. The summed E-state index contributed by atoms with van der Waals surface area (Å²) in [6.07, 6.45) is 0. The van der Waals surface area contributed by atoms with E-state index in [1.54, 1.807) is 32.2 Å². The summed E-state index contributed by atoms with van der Waals surface area (Å²) in [5, 5.41) is 9.11. The van der Waals surface area contributed by atoms with Crippen LogP contribution in [-0.4, -0.2) is 20.6 Å². The minimum absolute atomic E-state index is 0.162. The second kappa shape index (κ2) is 6.57. The number of anilines is 1. The Hall–Kier alpha value is -1.41. The molecular formula is C14H17NO4S2. The molecule has 0 spiro atoms. The molecule has 0 aliphatic carbocycles. The van der Waals surface area contributed by atoms with Crippen LogP contribution in [0.1, 0.15) is 15.3 Å². The number of aliphatic hydroxyl groups excluding tert-OH is 1. The van der Waals surface area contributed by atoms with Crippen LogP contribution in [0, 0.1) is 6.92 Å². The summed E-state index contributed by atoms with van der Waals surface area (Å²) >= 11 is 1.27. The molecule has 21 heavy (non-hydrogen) atoms. The number of sulfonamides is 1. The van der Waals surface area contributed by atoms with Crippen molar-refractivity contribution in [1.29, 1.82) is 0 Å². The van der Waals surface area contributed by atoms with E-state index in [0.717, 1.165) is 5.56 Å². The lowest BCUT2D eigenvalue weighted by molar-refractivity contribution is 0.185. The number of methoxy groups -OCH3 is 1. The fourth-order valence-corrected chi connectivity index (χ4v) is 4.52. The number of aryl methyl sites for hydroxylation is 1. The van der Waals surface area contributed by atoms with Gasteiger partial charge in [-0.05, 0) is 30.7 Å². The van der Waals surface area contributed by atoms with Crippen LogP contribution < -0.4 is 4.72 Å². The molecule has 0 amide bonds. The summed E-state index contributed by atoms with van der Waals surface area (Å²) in [5.41, 5.74) is 1.37. The first-order chi connectivity index (χ1) is 9.96. The Morgan fingerprint density at radius 1 is 1.33 bits per heavy atom. The zero-order chi connectivity index (χ0) is 15.5. The van der Waals surface area contributed by atoms with E-state index in [1.165, 1.54) is 17.4 Å². The van der Waals surface area contributed by atoms with Gasteiger partial charge in [0.25, 0.3) is 10.0 Å². The van der Waals surface area contributed by atoms with E-state index in [-0.39, 0.29) is 11.5 Å². The second-order valence-corrected chi connectivity index (χ2v) is 7.52. The van der Waals surface area contributed by atoms with Crippen molar-refractivity contribution >= 4 is 27.0 Å². The third-order valence-corrected chi connectivity index (χ3v) is 5.53. The van der Waals surface area contributed by atoms with Crippen molar-refractivity contribution in [2.24, 2.45) is 0 Å². The van der Waals surface area contributed by atoms with Gasteiger partial charge < -0.3 is 9.84 Å². The third-order valence-electron chi connectivity index (χ3n) is 2.86. The quantitative estimate of drug-likeness (QED) is 0.855. The van der Waals surface area contributed by atoms with Crippen molar-refractivity contribution in [3.05, 3.63) is 45.6 Å². The molecule has 0 fully saturated rings. The van der Waals surface area contributed by atoms with Gasteiger partial charge in [-0.2, -0.15) is 0 Å². The number of aliphatic hydroxyl groups is 1. The van der Waals surface area contributed by atoms with Crippen molar-refractivity contribution in [2.45, 2.75) is 25.0 Å². The highest BCUT2D eigenvalue weighted by Crippen LogP contribution is 2.27. The van der Waals surface area contributed by atoms with Crippen LogP contribution in [0.5, 0.6) is 0 Å². The standard InChI is InChI=1S/C14H17NO4S2/c1-10-14(7-13(8-16)20-10)21(17,18)15-12-5-3-4-11(6-12)9-19-2/h3-7,15-16H,8-9H2,1-2H3. The SMILES string of the molecule is COCc1cccc(NS(=O)(=O)c2cc(CO)sc2C)c1. The fraction of sp³-hybridized carbons (Fsp3) is 0.286. The molecule has 0 unspecified atom stereocenters. The van der Waals surface area contributed by atoms with E-state index in [2.05, 4.69) is 4.72 Å². The summed E-state index contributed by atoms with van der Waals surface area (Å²) in [4.78, 5) is 1.48. The Balaban J connectivity index is 2.28. The molecule has 0 aliphatic rings. The van der Waals surface area contributed by atoms with Gasteiger partial charge in [0, 0.05) is 22.6 Å². The fourth-order valence-electron chi connectivity index (χ4n) is 1.97. The molecule has 0 aliphatic heterocycles. The smallest absolute Gasteiger partial charge is 0.263 e. The molecule has 0 radical (unpaired) electrons. The van der Waals surface area contributed by atoms with Crippen LogP contribution in [-0.2, 0) is 28.0 Å². The molecule has 0 atom stereocenters. The molecule has 2 aromatic rings. The maximum atomic E-state index is 12.4. The summed E-state index contributed by atoms with van der Waals surface area (Å²) in [6, 6.07) is 8.55. The Morgan fingerprint density at radius 3 is 2.71 bits per heavy atom. The highest BCUT2D eigenvalue weighted by atomic mass is 32.2. The number of hydrogen-bond acceptors (Lipinski definition) is 5. The highest BCUT2D eigenvalue weighted by molar-refractivity contribution is 7.93. The molecule has 7 heteroatoms. The lowest BCUT2D eigenvalue weighted by Crippen LogP contribution is -2.13. The van der Waals surface area contributed by atoms with E-state index in [4.69, 9.17) is 9.84 Å². The molecule has 0 saturated heterocycles. The molecule has 5 nitrogen and oxygen atoms in total. The number of thiophene rings is 1. The minimum atomic E-state index is -3.66. The molecule has 0 saturated carbocycles. The van der Waals surface area contributed by atoms with E-state index < -0.39 is 10.0 Å². The van der Waals surface area contributed by atoms with E-state index in [0.29, 0.717) is 22.0 Å².